The largest absolute Gasteiger partial charge is 0.456 e. The Balaban J connectivity index is 1.03. The zero-order valence-electron chi connectivity index (χ0n) is 30.7. The lowest BCUT2D eigenvalue weighted by Gasteiger charge is -2.17. The fourth-order valence-electron chi connectivity index (χ4n) is 8.52. The minimum absolute atomic E-state index is 0.809. The SMILES string of the molecule is Cc1ccccc1-c1cc(-c2ccc3c4ccccc4n(-c4ccccc4)c3c2)ccc1Oc1cccc2c(-c3ccc4c(c3)oc3ccccc34)cccc12. The number of hydrogen-bond donors (Lipinski definition) is 0. The van der Waals surface area contributed by atoms with E-state index in [-0.39, 0.29) is 0 Å². The van der Waals surface area contributed by atoms with E-state index in [2.05, 4.69) is 193 Å². The molecular weight excluding hydrogens is 683 g/mol. The number of furan rings is 1. The molecular formula is C53H35NO2. The average Bonchev–Trinajstić information content (AvgIpc) is 3.79. The molecule has 0 spiro atoms. The van der Waals surface area contributed by atoms with Crippen LogP contribution in [-0.4, -0.2) is 4.57 Å². The molecule has 0 fully saturated rings. The number of fused-ring (bicyclic) bond motifs is 7. The molecule has 0 unspecified atom stereocenters. The van der Waals surface area contributed by atoms with E-state index in [1.54, 1.807) is 0 Å². The first-order valence-corrected chi connectivity index (χ1v) is 19.1. The van der Waals surface area contributed by atoms with E-state index in [1.165, 1.54) is 27.4 Å². The van der Waals surface area contributed by atoms with Gasteiger partial charge < -0.3 is 13.7 Å². The standard InChI is InChI=1S/C53H35NO2/c1-34-13-5-6-16-39(34)47-31-35(36-25-28-43-42-17-7-9-22-48(42)54(49(43)32-36)38-14-3-2-4-15-38)27-30-52(47)55-51-24-12-20-41-40(19-11-21-44(41)51)37-26-29-46-45-18-8-10-23-50(45)56-53(46)33-37/h2-33H,1H3. The van der Waals surface area contributed by atoms with Gasteiger partial charge in [-0.15, -0.1) is 0 Å². The molecule has 0 aliphatic heterocycles. The normalized spacial score (nSPS) is 11.7. The number of aromatic nitrogens is 1. The van der Waals surface area contributed by atoms with Gasteiger partial charge >= 0.3 is 0 Å². The molecule has 0 N–H and O–H groups in total. The summed E-state index contributed by atoms with van der Waals surface area (Å²) in [6, 6.07) is 68.8. The van der Waals surface area contributed by atoms with Gasteiger partial charge in [-0.3, -0.25) is 0 Å². The van der Waals surface area contributed by atoms with Crippen molar-refractivity contribution >= 4 is 54.5 Å². The molecule has 56 heavy (non-hydrogen) atoms. The molecule has 0 amide bonds. The molecule has 2 aromatic heterocycles. The number of nitrogens with zero attached hydrogens (tertiary/aromatic N) is 1. The minimum Gasteiger partial charge on any atom is -0.456 e. The predicted octanol–water partition coefficient (Wildman–Crippen LogP) is 14.9. The van der Waals surface area contributed by atoms with Crippen LogP contribution in [0.3, 0.4) is 0 Å². The van der Waals surface area contributed by atoms with Crippen molar-refractivity contribution in [3.05, 3.63) is 200 Å². The number of aryl methyl sites for hydroxylation is 1. The number of para-hydroxylation sites is 3. The van der Waals surface area contributed by atoms with Crippen LogP contribution >= 0.6 is 0 Å². The zero-order chi connectivity index (χ0) is 37.2. The van der Waals surface area contributed by atoms with Crippen molar-refractivity contribution in [3.8, 4) is 50.6 Å². The molecule has 3 heteroatoms. The third-order valence-corrected chi connectivity index (χ3v) is 11.2. The molecule has 0 saturated carbocycles. The Bertz CT molecular complexity index is 3290. The van der Waals surface area contributed by atoms with Crippen LogP contribution in [-0.2, 0) is 0 Å². The number of benzene rings is 9. The second-order valence-electron chi connectivity index (χ2n) is 14.5. The molecule has 0 atom stereocenters. The molecule has 0 aliphatic carbocycles. The molecule has 11 rings (SSSR count). The summed E-state index contributed by atoms with van der Waals surface area (Å²) in [6.45, 7) is 2.17. The van der Waals surface area contributed by atoms with Crippen molar-refractivity contribution in [2.75, 3.05) is 0 Å². The van der Waals surface area contributed by atoms with Crippen LogP contribution in [0, 0.1) is 6.92 Å². The summed E-state index contributed by atoms with van der Waals surface area (Å²) in [5.41, 5.74) is 13.2. The minimum atomic E-state index is 0.809. The lowest BCUT2D eigenvalue weighted by molar-refractivity contribution is 0.490. The Morgan fingerprint density at radius 3 is 1.93 bits per heavy atom. The smallest absolute Gasteiger partial charge is 0.136 e. The summed E-state index contributed by atoms with van der Waals surface area (Å²) in [5.74, 6) is 1.62. The summed E-state index contributed by atoms with van der Waals surface area (Å²) in [4.78, 5) is 0. The number of ether oxygens (including phenoxy) is 1. The van der Waals surface area contributed by atoms with E-state index in [1.807, 2.05) is 12.1 Å². The summed E-state index contributed by atoms with van der Waals surface area (Å²) in [6.07, 6.45) is 0. The van der Waals surface area contributed by atoms with Gasteiger partial charge in [-0.1, -0.05) is 133 Å². The van der Waals surface area contributed by atoms with Crippen molar-refractivity contribution in [1.29, 1.82) is 0 Å². The molecule has 11 aromatic rings. The molecule has 0 radical (unpaired) electrons. The fourth-order valence-corrected chi connectivity index (χ4v) is 8.52. The van der Waals surface area contributed by atoms with Crippen LogP contribution in [0.25, 0.3) is 93.6 Å². The lowest BCUT2D eigenvalue weighted by Crippen LogP contribution is -1.94. The highest BCUT2D eigenvalue weighted by molar-refractivity contribution is 6.11. The monoisotopic (exact) mass is 717 g/mol. The first kappa shape index (κ1) is 32.1. The van der Waals surface area contributed by atoms with E-state index in [0.717, 1.165) is 83.3 Å². The molecule has 264 valence electrons. The first-order valence-electron chi connectivity index (χ1n) is 19.1. The second kappa shape index (κ2) is 12.9. The van der Waals surface area contributed by atoms with Gasteiger partial charge in [-0.25, -0.2) is 0 Å². The van der Waals surface area contributed by atoms with Gasteiger partial charge in [0.2, 0.25) is 0 Å². The molecule has 3 nitrogen and oxygen atoms in total. The van der Waals surface area contributed by atoms with Crippen LogP contribution in [0.2, 0.25) is 0 Å². The lowest BCUT2D eigenvalue weighted by atomic mass is 9.95. The van der Waals surface area contributed by atoms with Gasteiger partial charge in [-0.2, -0.15) is 0 Å². The van der Waals surface area contributed by atoms with E-state index in [0.29, 0.717) is 0 Å². The molecule has 0 saturated heterocycles. The van der Waals surface area contributed by atoms with Crippen LogP contribution < -0.4 is 4.74 Å². The van der Waals surface area contributed by atoms with Crippen molar-refractivity contribution in [1.82, 2.24) is 4.57 Å². The van der Waals surface area contributed by atoms with Crippen molar-refractivity contribution in [2.24, 2.45) is 0 Å². The summed E-state index contributed by atoms with van der Waals surface area (Å²) < 4.78 is 15.6. The van der Waals surface area contributed by atoms with E-state index >= 15 is 0 Å². The molecule has 0 bridgehead atoms. The van der Waals surface area contributed by atoms with Crippen LogP contribution in [0.15, 0.2) is 199 Å². The third-order valence-electron chi connectivity index (χ3n) is 11.2. The summed E-state index contributed by atoms with van der Waals surface area (Å²) in [7, 11) is 0. The van der Waals surface area contributed by atoms with Crippen molar-refractivity contribution in [3.63, 3.8) is 0 Å². The van der Waals surface area contributed by atoms with Crippen molar-refractivity contribution in [2.45, 2.75) is 6.92 Å². The Morgan fingerprint density at radius 2 is 1.02 bits per heavy atom. The van der Waals surface area contributed by atoms with Gasteiger partial charge in [0, 0.05) is 38.2 Å². The highest BCUT2D eigenvalue weighted by atomic mass is 16.5. The average molecular weight is 718 g/mol. The molecule has 2 heterocycles. The van der Waals surface area contributed by atoms with E-state index in [9.17, 15) is 0 Å². The highest BCUT2D eigenvalue weighted by Crippen LogP contribution is 2.43. The quantitative estimate of drug-likeness (QED) is 0.171. The first-order chi connectivity index (χ1) is 27.7. The zero-order valence-corrected chi connectivity index (χ0v) is 30.7. The van der Waals surface area contributed by atoms with Gasteiger partial charge in [-0.05, 0) is 106 Å². The Morgan fingerprint density at radius 1 is 0.375 bits per heavy atom. The second-order valence-corrected chi connectivity index (χ2v) is 14.5. The third kappa shape index (κ3) is 5.20. The predicted molar refractivity (Wildman–Crippen MR) is 233 cm³/mol. The van der Waals surface area contributed by atoms with Gasteiger partial charge in [0.1, 0.15) is 22.7 Å². The Labute approximate surface area is 324 Å². The van der Waals surface area contributed by atoms with E-state index < -0.39 is 0 Å². The Kier molecular flexibility index (Phi) is 7.39. The summed E-state index contributed by atoms with van der Waals surface area (Å²) in [5, 5.41) is 6.91. The van der Waals surface area contributed by atoms with E-state index in [4.69, 9.17) is 9.15 Å². The molecule has 9 aromatic carbocycles. The van der Waals surface area contributed by atoms with Gasteiger partial charge in [0.25, 0.3) is 0 Å². The summed E-state index contributed by atoms with van der Waals surface area (Å²) >= 11 is 0. The van der Waals surface area contributed by atoms with Crippen LogP contribution in [0.4, 0.5) is 0 Å². The van der Waals surface area contributed by atoms with Crippen molar-refractivity contribution < 1.29 is 9.15 Å². The van der Waals surface area contributed by atoms with Crippen LogP contribution in [0.1, 0.15) is 5.56 Å². The maximum Gasteiger partial charge on any atom is 0.136 e. The highest BCUT2D eigenvalue weighted by Gasteiger charge is 2.17. The number of rotatable bonds is 6. The topological polar surface area (TPSA) is 27.3 Å². The van der Waals surface area contributed by atoms with Crippen LogP contribution in [0.5, 0.6) is 11.5 Å². The fraction of sp³-hybridized carbons (Fsp3) is 0.0189. The number of hydrogen-bond acceptors (Lipinski definition) is 2. The maximum absolute atomic E-state index is 6.99. The van der Waals surface area contributed by atoms with Gasteiger partial charge in [0.05, 0.1) is 11.0 Å². The molecule has 0 aliphatic rings. The Hall–Kier alpha value is -7.36. The van der Waals surface area contributed by atoms with Gasteiger partial charge in [0.15, 0.2) is 0 Å². The maximum atomic E-state index is 6.99.